The maximum Gasteiger partial charge on any atom is 0.311 e. The van der Waals surface area contributed by atoms with E-state index in [4.69, 9.17) is 42.7 Å². The number of oxime groups is 1. The highest BCUT2D eigenvalue weighted by Crippen LogP contribution is 2.41. The predicted octanol–water partition coefficient (Wildman–Crippen LogP) is 2.21. The fourth-order valence-corrected chi connectivity index (χ4v) is 8.93. The quantitative estimate of drug-likeness (QED) is 0.0778. The molecule has 3 aliphatic rings. The molecule has 0 saturated carbocycles. The minimum Gasteiger partial charge on any atom is -0.459 e. The van der Waals surface area contributed by atoms with Crippen LogP contribution in [0.2, 0.25) is 0 Å². The molecule has 17 nitrogen and oxygen atoms in total. The Kier molecular flexibility index (Phi) is 18.8. The molecule has 0 aromatic rings. The molecular weight excluding hydrogens is 760 g/mol. The van der Waals surface area contributed by atoms with Crippen LogP contribution in [-0.4, -0.2) is 175 Å². The number of carbonyl (C=O) groups is 1. The van der Waals surface area contributed by atoms with Crippen LogP contribution in [0.5, 0.6) is 0 Å². The number of hydrogen-bond acceptors (Lipinski definition) is 17. The Morgan fingerprint density at radius 3 is 2.14 bits per heavy atom. The monoisotopic (exact) mass is 837 g/mol. The summed E-state index contributed by atoms with van der Waals surface area (Å²) in [6.07, 6.45) is -9.49. The highest BCUT2D eigenvalue weighted by molar-refractivity contribution is 5.88. The van der Waals surface area contributed by atoms with Crippen molar-refractivity contribution in [1.29, 1.82) is 0 Å². The van der Waals surface area contributed by atoms with Gasteiger partial charge in [0.25, 0.3) is 0 Å². The van der Waals surface area contributed by atoms with Crippen molar-refractivity contribution >= 4 is 11.7 Å². The Labute approximate surface area is 345 Å². The lowest BCUT2D eigenvalue weighted by Crippen LogP contribution is -2.61. The van der Waals surface area contributed by atoms with Gasteiger partial charge in [-0.2, -0.15) is 0 Å². The largest absolute Gasteiger partial charge is 0.459 e. The highest BCUT2D eigenvalue weighted by atomic mass is 16.7. The van der Waals surface area contributed by atoms with Crippen molar-refractivity contribution in [2.75, 3.05) is 48.3 Å². The molecule has 6 unspecified atom stereocenters. The summed E-state index contributed by atoms with van der Waals surface area (Å²) in [7, 11) is 6.76. The number of aliphatic hydroxyl groups is 5. The molecule has 0 aromatic carbocycles. The number of rotatable bonds is 13. The number of likely N-dealkylation sites (N-methyl/N-ethyl adjacent to an activating group) is 1. The third-order valence-electron chi connectivity index (χ3n) is 12.6. The van der Waals surface area contributed by atoms with Gasteiger partial charge in [-0.3, -0.25) is 4.79 Å². The van der Waals surface area contributed by atoms with E-state index in [2.05, 4.69) is 5.16 Å². The van der Waals surface area contributed by atoms with Gasteiger partial charge in [0, 0.05) is 44.4 Å². The van der Waals surface area contributed by atoms with Crippen LogP contribution in [0.3, 0.4) is 0 Å². The van der Waals surface area contributed by atoms with Gasteiger partial charge in [0.2, 0.25) is 6.79 Å². The van der Waals surface area contributed by atoms with Crippen molar-refractivity contribution in [3.63, 3.8) is 0 Å². The van der Waals surface area contributed by atoms with Crippen LogP contribution >= 0.6 is 0 Å². The molecular formula is C41H76N2O15. The Morgan fingerprint density at radius 2 is 1.55 bits per heavy atom. The zero-order chi connectivity index (χ0) is 43.9. The van der Waals surface area contributed by atoms with Gasteiger partial charge in [-0.25, -0.2) is 0 Å². The van der Waals surface area contributed by atoms with Gasteiger partial charge >= 0.3 is 5.97 Å². The summed E-state index contributed by atoms with van der Waals surface area (Å²) in [6.45, 7) is 17.3. The summed E-state index contributed by atoms with van der Waals surface area (Å²) >= 11 is 0. The topological polar surface area (TPSA) is 217 Å². The summed E-state index contributed by atoms with van der Waals surface area (Å²) in [5.41, 5.74) is -4.49. The molecule has 58 heavy (non-hydrogen) atoms. The van der Waals surface area contributed by atoms with Crippen LogP contribution < -0.4 is 0 Å². The molecule has 340 valence electrons. The van der Waals surface area contributed by atoms with Crippen LogP contribution in [0.15, 0.2) is 5.16 Å². The maximum absolute atomic E-state index is 14.3. The summed E-state index contributed by atoms with van der Waals surface area (Å²) in [5, 5.41) is 63.6. The second kappa shape index (κ2) is 21.5. The zero-order valence-corrected chi connectivity index (χ0v) is 37.3. The van der Waals surface area contributed by atoms with Crippen LogP contribution in [0.1, 0.15) is 94.9 Å². The summed E-state index contributed by atoms with van der Waals surface area (Å²) in [4.78, 5) is 21.8. The SMILES string of the molecule is CCC1OC(=O)[C@H](C)[C@@H](O[C@H]2CC(C)(OC)[C@@H](O)C(C)O2)[C@H](C)[C@@H](O[C@@H]2OC(C)CC(N(C)C)C2O)[C@](C)(O)C[C@@H](C)/C(=N\OCOCCOC)[C@H](C)[C@@H](O)[C@]1(C)O. The molecule has 0 spiro atoms. The van der Waals surface area contributed by atoms with Gasteiger partial charge in [0.1, 0.15) is 23.9 Å². The average molecular weight is 837 g/mol. The molecule has 18 atom stereocenters. The number of ether oxygens (including phenoxy) is 8. The number of nitrogens with zero attached hydrogens (tertiary/aromatic N) is 2. The molecule has 17 heteroatoms. The number of carbonyl (C=O) groups excluding carboxylic acids is 1. The van der Waals surface area contributed by atoms with Crippen molar-refractivity contribution < 1.29 is 73.1 Å². The van der Waals surface area contributed by atoms with Crippen molar-refractivity contribution in [3.05, 3.63) is 0 Å². The maximum atomic E-state index is 14.3. The molecule has 0 amide bonds. The lowest BCUT2D eigenvalue weighted by molar-refractivity contribution is -0.317. The summed E-state index contributed by atoms with van der Waals surface area (Å²) in [5.74, 6) is -4.14. The first-order chi connectivity index (χ1) is 27.0. The Morgan fingerprint density at radius 1 is 0.897 bits per heavy atom. The second-order valence-electron chi connectivity index (χ2n) is 17.7. The standard InChI is InChI=1S/C41H76N2O15/c1-15-29-41(10,49)34(45)24(4)31(42-53-21-52-17-16-50-13)22(2)19-39(8,48)36(58-38-32(44)28(43(11)12)18-23(3)54-38)25(5)33(26(6)37(47)56-29)57-30-20-40(9,51-14)35(46)27(7)55-30/h22-30,32-36,38,44-46,48-49H,15-21H2,1-14H3/b42-31+/t22-,23?,24+,25+,26-,27?,28?,29?,30+,32?,33+,34-,35+,36-,38+,39-,40?,41-/m1/s1. The number of esters is 1. The van der Waals surface area contributed by atoms with Gasteiger partial charge in [0.15, 0.2) is 12.6 Å². The van der Waals surface area contributed by atoms with E-state index in [1.54, 1.807) is 55.6 Å². The van der Waals surface area contributed by atoms with Crippen LogP contribution in [-0.2, 0) is 47.5 Å². The highest BCUT2D eigenvalue weighted by Gasteiger charge is 2.53. The number of hydrogen-bond donors (Lipinski definition) is 5. The average Bonchev–Trinajstić information content (AvgIpc) is 3.15. The van der Waals surface area contributed by atoms with Gasteiger partial charge in [-0.05, 0) is 74.9 Å². The number of methoxy groups -OCH3 is 2. The van der Waals surface area contributed by atoms with E-state index in [0.717, 1.165) is 0 Å². The molecule has 0 bridgehead atoms. The Balaban J connectivity index is 2.22. The van der Waals surface area contributed by atoms with Gasteiger partial charge < -0.3 is 73.2 Å². The van der Waals surface area contributed by atoms with Gasteiger partial charge in [-0.1, -0.05) is 32.9 Å². The molecule has 3 saturated heterocycles. The molecule has 3 rings (SSSR count). The van der Waals surface area contributed by atoms with E-state index in [-0.39, 0.29) is 44.8 Å². The van der Waals surface area contributed by atoms with Crippen molar-refractivity contribution in [1.82, 2.24) is 4.90 Å². The van der Waals surface area contributed by atoms with E-state index < -0.39 is 102 Å². The van der Waals surface area contributed by atoms with E-state index >= 15 is 0 Å². The fraction of sp³-hybridized carbons (Fsp3) is 0.951. The number of cyclic esters (lactones) is 1. The van der Waals surface area contributed by atoms with Crippen molar-refractivity contribution in [3.8, 4) is 0 Å². The Hall–Kier alpha value is -1.58. The minimum atomic E-state index is -1.97. The summed E-state index contributed by atoms with van der Waals surface area (Å²) < 4.78 is 48.1. The molecule has 0 aliphatic carbocycles. The molecule has 3 aliphatic heterocycles. The third-order valence-corrected chi connectivity index (χ3v) is 12.6. The van der Waals surface area contributed by atoms with Gasteiger partial charge in [0.05, 0.1) is 66.6 Å². The molecule has 3 heterocycles. The number of aliphatic hydroxyl groups excluding tert-OH is 3. The predicted molar refractivity (Wildman–Crippen MR) is 212 cm³/mol. The smallest absolute Gasteiger partial charge is 0.311 e. The third kappa shape index (κ3) is 12.1. The Bertz CT molecular complexity index is 1300. The van der Waals surface area contributed by atoms with E-state index in [0.29, 0.717) is 18.7 Å². The van der Waals surface area contributed by atoms with Crippen molar-refractivity contribution in [2.45, 2.75) is 179 Å². The first-order valence-corrected chi connectivity index (χ1v) is 20.8. The second-order valence-corrected chi connectivity index (χ2v) is 17.7. The fourth-order valence-electron chi connectivity index (χ4n) is 8.93. The molecule has 0 aromatic heterocycles. The lowest BCUT2D eigenvalue weighted by Gasteiger charge is -2.49. The van der Waals surface area contributed by atoms with E-state index in [1.165, 1.54) is 14.0 Å². The molecule has 0 radical (unpaired) electrons. The molecule has 3 fully saturated rings. The first kappa shape index (κ1) is 50.8. The first-order valence-electron chi connectivity index (χ1n) is 20.8. The van der Waals surface area contributed by atoms with Crippen LogP contribution in [0.25, 0.3) is 0 Å². The van der Waals surface area contributed by atoms with Crippen LogP contribution in [0, 0.1) is 23.7 Å². The summed E-state index contributed by atoms with van der Waals surface area (Å²) in [6, 6.07) is -0.328. The van der Waals surface area contributed by atoms with E-state index in [1.807, 2.05) is 32.8 Å². The zero-order valence-electron chi connectivity index (χ0n) is 37.3. The minimum absolute atomic E-state index is 0.0307. The van der Waals surface area contributed by atoms with Crippen LogP contribution in [0.4, 0.5) is 0 Å². The van der Waals surface area contributed by atoms with Gasteiger partial charge in [-0.15, -0.1) is 0 Å². The van der Waals surface area contributed by atoms with Crippen molar-refractivity contribution in [2.24, 2.45) is 28.8 Å². The normalized spacial score (nSPS) is 45.8. The lowest BCUT2D eigenvalue weighted by atomic mass is 9.73. The molecule has 5 N–H and O–H groups in total. The van der Waals surface area contributed by atoms with E-state index in [9.17, 15) is 30.3 Å².